The number of hydrogen-bond donors (Lipinski definition) is 4. The van der Waals surface area contributed by atoms with Gasteiger partial charge in [-0.1, -0.05) is 0 Å². The Balaban J connectivity index is 3.37. The standard InChI is InChI=1S/C4H10O4/c5-2-1-4(7,8)3-6/h5-8H,1-3H2. The molecule has 4 nitrogen and oxygen atoms in total. The van der Waals surface area contributed by atoms with E-state index in [2.05, 4.69) is 0 Å². The Bertz CT molecular complexity index is 61.1. The van der Waals surface area contributed by atoms with Crippen molar-refractivity contribution < 1.29 is 20.4 Å². The lowest BCUT2D eigenvalue weighted by Crippen LogP contribution is -2.33. The molecule has 0 saturated carbocycles. The molecule has 0 amide bonds. The van der Waals surface area contributed by atoms with E-state index in [1.807, 2.05) is 0 Å². The van der Waals surface area contributed by atoms with Crippen LogP contribution in [0.15, 0.2) is 0 Å². The molecule has 0 fully saturated rings. The fourth-order valence-electron chi connectivity index (χ4n) is 0.258. The van der Waals surface area contributed by atoms with Crippen molar-refractivity contribution in [3.8, 4) is 0 Å². The molecule has 0 saturated heterocycles. The van der Waals surface area contributed by atoms with Crippen LogP contribution in [0.3, 0.4) is 0 Å². The molecule has 0 rings (SSSR count). The van der Waals surface area contributed by atoms with Gasteiger partial charge in [-0.3, -0.25) is 0 Å². The van der Waals surface area contributed by atoms with Gasteiger partial charge in [-0.15, -0.1) is 0 Å². The van der Waals surface area contributed by atoms with Crippen LogP contribution in [-0.2, 0) is 0 Å². The van der Waals surface area contributed by atoms with Crippen molar-refractivity contribution in [2.45, 2.75) is 12.2 Å². The molecule has 8 heavy (non-hydrogen) atoms. The summed E-state index contributed by atoms with van der Waals surface area (Å²) in [6.45, 7) is -1.08. The van der Waals surface area contributed by atoms with E-state index in [0.29, 0.717) is 0 Å². The average molecular weight is 122 g/mol. The molecular formula is C4H10O4. The van der Waals surface area contributed by atoms with Gasteiger partial charge in [0.25, 0.3) is 0 Å². The molecule has 0 aromatic rings. The first-order valence-electron chi connectivity index (χ1n) is 2.29. The second-order valence-electron chi connectivity index (χ2n) is 1.61. The van der Waals surface area contributed by atoms with Crippen LogP contribution in [-0.4, -0.2) is 39.4 Å². The highest BCUT2D eigenvalue weighted by atomic mass is 16.5. The molecule has 4 N–H and O–H groups in total. The summed E-state index contributed by atoms with van der Waals surface area (Å²) in [6, 6.07) is 0. The molecule has 50 valence electrons. The lowest BCUT2D eigenvalue weighted by Gasteiger charge is -2.16. The predicted molar refractivity (Wildman–Crippen MR) is 26.0 cm³/mol. The fourth-order valence-corrected chi connectivity index (χ4v) is 0.258. The van der Waals surface area contributed by atoms with Gasteiger partial charge < -0.3 is 20.4 Å². The number of hydrogen-bond acceptors (Lipinski definition) is 4. The van der Waals surface area contributed by atoms with E-state index in [4.69, 9.17) is 20.4 Å². The number of aliphatic hydroxyl groups excluding tert-OH is 2. The van der Waals surface area contributed by atoms with Crippen LogP contribution < -0.4 is 0 Å². The zero-order chi connectivity index (χ0) is 6.62. The van der Waals surface area contributed by atoms with Gasteiger partial charge in [-0.05, 0) is 0 Å². The van der Waals surface area contributed by atoms with Crippen molar-refractivity contribution in [2.75, 3.05) is 13.2 Å². The maximum Gasteiger partial charge on any atom is 0.188 e. The quantitative estimate of drug-likeness (QED) is 0.328. The molecule has 0 unspecified atom stereocenters. The molecule has 0 aromatic carbocycles. The lowest BCUT2D eigenvalue weighted by molar-refractivity contribution is -0.194. The second-order valence-corrected chi connectivity index (χ2v) is 1.61. The molecule has 0 aliphatic carbocycles. The van der Waals surface area contributed by atoms with E-state index in [1.165, 1.54) is 0 Å². The van der Waals surface area contributed by atoms with Crippen molar-refractivity contribution in [1.29, 1.82) is 0 Å². The molecular weight excluding hydrogens is 112 g/mol. The van der Waals surface area contributed by atoms with Crippen LogP contribution in [0.1, 0.15) is 6.42 Å². The Morgan fingerprint density at radius 2 is 1.62 bits per heavy atom. The van der Waals surface area contributed by atoms with Crippen molar-refractivity contribution in [3.05, 3.63) is 0 Å². The van der Waals surface area contributed by atoms with Gasteiger partial charge in [0.2, 0.25) is 0 Å². The number of aliphatic hydroxyl groups is 4. The zero-order valence-corrected chi connectivity index (χ0v) is 4.41. The van der Waals surface area contributed by atoms with Crippen LogP contribution >= 0.6 is 0 Å². The van der Waals surface area contributed by atoms with E-state index < -0.39 is 12.4 Å². The van der Waals surface area contributed by atoms with Crippen LogP contribution in [0.2, 0.25) is 0 Å². The van der Waals surface area contributed by atoms with Gasteiger partial charge in [0.1, 0.15) is 0 Å². The Labute approximate surface area is 47.0 Å². The normalized spacial score (nSPS) is 12.0. The van der Waals surface area contributed by atoms with Crippen molar-refractivity contribution in [1.82, 2.24) is 0 Å². The molecule has 0 atom stereocenters. The van der Waals surface area contributed by atoms with Gasteiger partial charge in [-0.25, -0.2) is 0 Å². The highest BCUT2D eigenvalue weighted by Crippen LogP contribution is 2.01. The summed E-state index contributed by atoms with van der Waals surface area (Å²) in [4.78, 5) is 0. The summed E-state index contributed by atoms with van der Waals surface area (Å²) in [6.07, 6.45) is -0.219. The van der Waals surface area contributed by atoms with Crippen molar-refractivity contribution in [2.24, 2.45) is 0 Å². The third-order valence-electron chi connectivity index (χ3n) is 0.765. The molecule has 0 aliphatic rings. The Morgan fingerprint density at radius 1 is 1.12 bits per heavy atom. The number of rotatable bonds is 3. The Hall–Kier alpha value is -0.160. The molecule has 0 aromatic heterocycles. The van der Waals surface area contributed by atoms with Crippen LogP contribution in [0.5, 0.6) is 0 Å². The maximum absolute atomic E-state index is 8.47. The third-order valence-corrected chi connectivity index (χ3v) is 0.765. The molecule has 0 bridgehead atoms. The van der Waals surface area contributed by atoms with Gasteiger partial charge in [0.15, 0.2) is 5.79 Å². The summed E-state index contributed by atoms with van der Waals surface area (Å²) in [5.74, 6) is -2.10. The summed E-state index contributed by atoms with van der Waals surface area (Å²) >= 11 is 0. The summed E-state index contributed by atoms with van der Waals surface area (Å²) in [5, 5.41) is 33.2. The first kappa shape index (κ1) is 7.84. The Kier molecular flexibility index (Phi) is 2.93. The maximum atomic E-state index is 8.47. The molecule has 0 aliphatic heterocycles. The largest absolute Gasteiger partial charge is 0.396 e. The smallest absolute Gasteiger partial charge is 0.188 e. The van der Waals surface area contributed by atoms with E-state index in [0.717, 1.165) is 0 Å². The summed E-state index contributed by atoms with van der Waals surface area (Å²) < 4.78 is 0. The SMILES string of the molecule is OCCC(O)(O)CO. The minimum atomic E-state index is -2.10. The van der Waals surface area contributed by atoms with E-state index in [9.17, 15) is 0 Å². The van der Waals surface area contributed by atoms with E-state index in [-0.39, 0.29) is 13.0 Å². The minimum Gasteiger partial charge on any atom is -0.396 e. The first-order chi connectivity index (χ1) is 3.62. The highest BCUT2D eigenvalue weighted by molar-refractivity contribution is 4.59. The van der Waals surface area contributed by atoms with E-state index >= 15 is 0 Å². The van der Waals surface area contributed by atoms with Gasteiger partial charge in [-0.2, -0.15) is 0 Å². The zero-order valence-electron chi connectivity index (χ0n) is 4.41. The summed E-state index contributed by atoms with van der Waals surface area (Å²) in [5.41, 5.74) is 0. The molecule has 0 spiro atoms. The highest BCUT2D eigenvalue weighted by Gasteiger charge is 2.19. The average Bonchev–Trinajstić information content (AvgIpc) is 1.67. The van der Waals surface area contributed by atoms with Gasteiger partial charge in [0.05, 0.1) is 6.61 Å². The predicted octanol–water partition coefficient (Wildman–Crippen LogP) is -1.96. The monoisotopic (exact) mass is 122 g/mol. The van der Waals surface area contributed by atoms with Crippen molar-refractivity contribution >= 4 is 0 Å². The summed E-state index contributed by atoms with van der Waals surface area (Å²) in [7, 11) is 0. The van der Waals surface area contributed by atoms with Gasteiger partial charge in [0, 0.05) is 13.0 Å². The second kappa shape index (κ2) is 2.99. The molecule has 0 heterocycles. The van der Waals surface area contributed by atoms with Crippen LogP contribution in [0.25, 0.3) is 0 Å². The third kappa shape index (κ3) is 2.92. The van der Waals surface area contributed by atoms with Crippen molar-refractivity contribution in [3.63, 3.8) is 0 Å². The van der Waals surface area contributed by atoms with Crippen LogP contribution in [0, 0.1) is 0 Å². The minimum absolute atomic E-state index is 0.219. The lowest BCUT2D eigenvalue weighted by atomic mass is 10.2. The topological polar surface area (TPSA) is 80.9 Å². The van der Waals surface area contributed by atoms with E-state index in [1.54, 1.807) is 0 Å². The van der Waals surface area contributed by atoms with Crippen LogP contribution in [0.4, 0.5) is 0 Å². The molecule has 4 heteroatoms. The molecule has 0 radical (unpaired) electrons. The fraction of sp³-hybridized carbons (Fsp3) is 1.00. The van der Waals surface area contributed by atoms with Gasteiger partial charge >= 0.3 is 0 Å². The Morgan fingerprint density at radius 3 is 1.75 bits per heavy atom. The first-order valence-corrected chi connectivity index (χ1v) is 2.29.